The third kappa shape index (κ3) is 3.83. The number of carbonyl (C=O) groups is 1. The van der Waals surface area contributed by atoms with Crippen molar-refractivity contribution in [3.05, 3.63) is 77.6 Å². The van der Waals surface area contributed by atoms with Crippen LogP contribution in [0.4, 0.5) is 4.39 Å². The smallest absolute Gasteiger partial charge is 0.255 e. The quantitative estimate of drug-likeness (QED) is 0.736. The number of phenolic OH excluding ortho intramolecular Hbond substituents is 1. The van der Waals surface area contributed by atoms with Gasteiger partial charge >= 0.3 is 0 Å². The van der Waals surface area contributed by atoms with Crippen molar-refractivity contribution in [2.24, 2.45) is 0 Å². The number of hydrogen-bond donors (Lipinski definition) is 2. The minimum atomic E-state index is -0.364. The second-order valence-electron chi connectivity index (χ2n) is 6.46. The summed E-state index contributed by atoms with van der Waals surface area (Å²) in [6.07, 6.45) is 0. The molecule has 3 rings (SSSR count). The van der Waals surface area contributed by atoms with Crippen LogP contribution in [0.25, 0.3) is 10.8 Å². The maximum absolute atomic E-state index is 13.5. The van der Waals surface area contributed by atoms with Crippen molar-refractivity contribution >= 4 is 16.7 Å². The summed E-state index contributed by atoms with van der Waals surface area (Å²) >= 11 is 0. The van der Waals surface area contributed by atoms with Crippen molar-refractivity contribution < 1.29 is 14.3 Å². The van der Waals surface area contributed by atoms with E-state index in [-0.39, 0.29) is 29.1 Å². The number of halogens is 1. The minimum Gasteiger partial charge on any atom is -0.507 e. The Balaban J connectivity index is 1.79. The van der Waals surface area contributed by atoms with Crippen molar-refractivity contribution in [3.8, 4) is 5.75 Å². The molecule has 134 valence electrons. The number of phenols is 1. The van der Waals surface area contributed by atoms with Gasteiger partial charge < -0.3 is 15.3 Å². The zero-order chi connectivity index (χ0) is 18.7. The van der Waals surface area contributed by atoms with E-state index < -0.39 is 0 Å². The zero-order valence-corrected chi connectivity index (χ0v) is 14.7. The van der Waals surface area contributed by atoms with Crippen LogP contribution in [0.15, 0.2) is 60.7 Å². The first-order valence-corrected chi connectivity index (χ1v) is 8.37. The number of likely N-dealkylation sites (N-methyl/N-ethyl adjacent to an activating group) is 1. The van der Waals surface area contributed by atoms with Crippen LogP contribution in [-0.2, 0) is 0 Å². The molecule has 0 saturated carbocycles. The Morgan fingerprint density at radius 1 is 1.08 bits per heavy atom. The fourth-order valence-corrected chi connectivity index (χ4v) is 3.01. The molecule has 26 heavy (non-hydrogen) atoms. The molecule has 0 saturated heterocycles. The molecule has 5 heteroatoms. The average molecular weight is 352 g/mol. The highest BCUT2D eigenvalue weighted by Gasteiger charge is 2.18. The molecule has 0 radical (unpaired) electrons. The number of benzene rings is 3. The van der Waals surface area contributed by atoms with Gasteiger partial charge in [0.1, 0.15) is 11.6 Å². The van der Waals surface area contributed by atoms with Gasteiger partial charge in [0.2, 0.25) is 0 Å². The van der Waals surface area contributed by atoms with E-state index >= 15 is 0 Å². The Morgan fingerprint density at radius 2 is 1.77 bits per heavy atom. The van der Waals surface area contributed by atoms with Crippen LogP contribution in [0.3, 0.4) is 0 Å². The first kappa shape index (κ1) is 17.9. The van der Waals surface area contributed by atoms with Crippen molar-refractivity contribution in [2.45, 2.75) is 6.04 Å². The summed E-state index contributed by atoms with van der Waals surface area (Å²) in [6, 6.07) is 16.9. The number of nitrogens with one attached hydrogen (secondary N) is 1. The Bertz CT molecular complexity index is 940. The van der Waals surface area contributed by atoms with E-state index in [4.69, 9.17) is 0 Å². The van der Waals surface area contributed by atoms with Crippen LogP contribution in [0.1, 0.15) is 22.0 Å². The molecule has 0 aliphatic rings. The molecule has 0 spiro atoms. The summed E-state index contributed by atoms with van der Waals surface area (Å²) < 4.78 is 13.5. The van der Waals surface area contributed by atoms with Crippen molar-refractivity contribution in [1.29, 1.82) is 0 Å². The van der Waals surface area contributed by atoms with Crippen LogP contribution < -0.4 is 5.32 Å². The van der Waals surface area contributed by atoms with Crippen LogP contribution in [0.5, 0.6) is 5.75 Å². The molecule has 2 N–H and O–H groups in total. The molecule has 3 aromatic carbocycles. The highest BCUT2D eigenvalue weighted by Crippen LogP contribution is 2.25. The second kappa shape index (κ2) is 7.54. The molecule has 0 heterocycles. The number of fused-ring (bicyclic) bond motifs is 1. The lowest BCUT2D eigenvalue weighted by Gasteiger charge is -2.25. The van der Waals surface area contributed by atoms with E-state index in [0.717, 1.165) is 16.3 Å². The summed E-state index contributed by atoms with van der Waals surface area (Å²) in [6.45, 7) is 0.293. The SMILES string of the molecule is CN(C)[C@@H](CNC(=O)c1cc2ccccc2cc1O)c1cccc(F)c1. The lowest BCUT2D eigenvalue weighted by atomic mass is 10.0. The van der Waals surface area contributed by atoms with E-state index in [0.29, 0.717) is 6.54 Å². The molecule has 0 aromatic heterocycles. The first-order valence-electron chi connectivity index (χ1n) is 8.37. The van der Waals surface area contributed by atoms with Crippen LogP contribution >= 0.6 is 0 Å². The van der Waals surface area contributed by atoms with Crippen molar-refractivity contribution in [3.63, 3.8) is 0 Å². The Labute approximate surface area is 151 Å². The van der Waals surface area contributed by atoms with E-state index in [1.165, 1.54) is 12.1 Å². The molecule has 0 aliphatic heterocycles. The standard InChI is InChI=1S/C21H21FN2O2/c1-24(2)19(16-8-5-9-17(22)10-16)13-23-21(26)18-11-14-6-3-4-7-15(14)12-20(18)25/h3-12,19,25H,13H2,1-2H3,(H,23,26)/t19-/m0/s1. The molecule has 1 amide bonds. The number of nitrogens with zero attached hydrogens (tertiary/aromatic N) is 1. The first-order chi connectivity index (χ1) is 12.5. The molecule has 0 bridgehead atoms. The predicted octanol–water partition coefficient (Wildman–Crippen LogP) is 3.72. The number of rotatable bonds is 5. The van der Waals surface area contributed by atoms with Gasteiger partial charge in [0.25, 0.3) is 5.91 Å². The number of carbonyl (C=O) groups excluding carboxylic acids is 1. The maximum atomic E-state index is 13.5. The fraction of sp³-hybridized carbons (Fsp3) is 0.190. The van der Waals surface area contributed by atoms with Gasteiger partial charge in [-0.15, -0.1) is 0 Å². The molecule has 0 aliphatic carbocycles. The van der Waals surface area contributed by atoms with Gasteiger partial charge in [0.05, 0.1) is 11.6 Å². The van der Waals surface area contributed by atoms with E-state index in [1.54, 1.807) is 18.2 Å². The van der Waals surface area contributed by atoms with Gasteiger partial charge in [-0.25, -0.2) is 4.39 Å². The summed E-state index contributed by atoms with van der Waals surface area (Å²) in [7, 11) is 3.74. The van der Waals surface area contributed by atoms with E-state index in [1.807, 2.05) is 49.3 Å². The molecule has 3 aromatic rings. The minimum absolute atomic E-state index is 0.0617. The largest absolute Gasteiger partial charge is 0.507 e. The Hall–Kier alpha value is -2.92. The molecule has 0 unspecified atom stereocenters. The molecular weight excluding hydrogens is 331 g/mol. The van der Waals surface area contributed by atoms with Gasteiger partial charge in [-0.3, -0.25) is 4.79 Å². The van der Waals surface area contributed by atoms with Crippen LogP contribution in [-0.4, -0.2) is 36.6 Å². The number of hydrogen-bond acceptors (Lipinski definition) is 3. The highest BCUT2D eigenvalue weighted by molar-refractivity contribution is 6.01. The molecule has 1 atom stereocenters. The zero-order valence-electron chi connectivity index (χ0n) is 14.7. The third-order valence-corrected chi connectivity index (χ3v) is 4.42. The van der Waals surface area contributed by atoms with Gasteiger partial charge in [0.15, 0.2) is 0 Å². The fourth-order valence-electron chi connectivity index (χ4n) is 3.01. The topological polar surface area (TPSA) is 52.6 Å². The van der Waals surface area contributed by atoms with Crippen LogP contribution in [0, 0.1) is 5.82 Å². The molecular formula is C21H21FN2O2. The van der Waals surface area contributed by atoms with Gasteiger partial charge in [-0.05, 0) is 54.7 Å². The number of amides is 1. The van der Waals surface area contributed by atoms with Gasteiger partial charge in [-0.1, -0.05) is 36.4 Å². The molecule has 0 fully saturated rings. The summed E-state index contributed by atoms with van der Waals surface area (Å²) in [5, 5.41) is 14.8. The van der Waals surface area contributed by atoms with Crippen molar-refractivity contribution in [1.82, 2.24) is 10.2 Å². The monoisotopic (exact) mass is 352 g/mol. The highest BCUT2D eigenvalue weighted by atomic mass is 19.1. The normalized spacial score (nSPS) is 12.3. The lowest BCUT2D eigenvalue weighted by Crippen LogP contribution is -2.34. The average Bonchev–Trinajstić information content (AvgIpc) is 2.61. The summed E-state index contributed by atoms with van der Waals surface area (Å²) in [5.41, 5.74) is 0.999. The second-order valence-corrected chi connectivity index (χ2v) is 6.46. The van der Waals surface area contributed by atoms with Crippen molar-refractivity contribution in [2.75, 3.05) is 20.6 Å². The number of aromatic hydroxyl groups is 1. The van der Waals surface area contributed by atoms with Gasteiger partial charge in [-0.2, -0.15) is 0 Å². The molecule has 4 nitrogen and oxygen atoms in total. The third-order valence-electron chi connectivity index (χ3n) is 4.42. The van der Waals surface area contributed by atoms with Crippen LogP contribution in [0.2, 0.25) is 0 Å². The predicted molar refractivity (Wildman–Crippen MR) is 101 cm³/mol. The Kier molecular flexibility index (Phi) is 5.19. The van der Waals surface area contributed by atoms with E-state index in [2.05, 4.69) is 5.32 Å². The summed E-state index contributed by atoms with van der Waals surface area (Å²) in [4.78, 5) is 14.5. The summed E-state index contributed by atoms with van der Waals surface area (Å²) in [5.74, 6) is -0.738. The Morgan fingerprint density at radius 3 is 2.42 bits per heavy atom. The lowest BCUT2D eigenvalue weighted by molar-refractivity contribution is 0.0939. The van der Waals surface area contributed by atoms with E-state index in [9.17, 15) is 14.3 Å². The van der Waals surface area contributed by atoms with Gasteiger partial charge in [0, 0.05) is 6.54 Å². The maximum Gasteiger partial charge on any atom is 0.255 e.